The summed E-state index contributed by atoms with van der Waals surface area (Å²) >= 11 is 12.3. The molecule has 1 radical (unpaired) electrons. The molecule has 7 N–H and O–H groups in total. The Kier molecular flexibility index (Phi) is 22.2. The molecule has 4 aromatic carbocycles. The van der Waals surface area contributed by atoms with E-state index in [1.165, 1.54) is 26.0 Å². The molecule has 0 saturated carbocycles. The molecule has 2 amide bonds. The smallest absolute Gasteiger partial charge is 0.279 e. The number of anilines is 2. The van der Waals surface area contributed by atoms with Crippen molar-refractivity contribution in [3.8, 4) is 11.5 Å². The standard InChI is InChI=1S/C23H29ClN4O5S.C19H20ClN3O3.Co/c1-3-4-5-6-10-13-25-34(32,33)21-15-20(30)19(14-18(21)24)27-28-22(16(2)29)23(31)26-17-11-8-7-9-12-17;1-3-7-13-10-17(25)16(11-15(13)20)22-23-18(12(2)24)19(26)21-14-8-5-4-6-9-14;/h7-9,11-12,14-15,25,29-30H,3-6,10,13H2,1-2H3,(H,26,31);4-6,8-11,24-25H,3,7H2,1-2H3,(H,21,26);/b22-16-,28-27?;18-12-,23-22?;. The van der Waals surface area contributed by atoms with E-state index in [0.717, 1.165) is 56.2 Å². The first-order chi connectivity index (χ1) is 28.6. The van der Waals surface area contributed by atoms with Crippen molar-refractivity contribution >= 4 is 67.8 Å². The number of sulfonamides is 1. The maximum Gasteiger partial charge on any atom is 0.279 e. The van der Waals surface area contributed by atoms with Crippen LogP contribution in [0.1, 0.15) is 71.8 Å². The van der Waals surface area contributed by atoms with Gasteiger partial charge in [-0.2, -0.15) is 0 Å². The molecule has 0 spiro atoms. The number of aryl methyl sites for hydroxylation is 1. The third-order valence-electron chi connectivity index (χ3n) is 8.25. The number of azo groups is 2. The van der Waals surface area contributed by atoms with Gasteiger partial charge in [0, 0.05) is 45.8 Å². The van der Waals surface area contributed by atoms with E-state index in [-0.39, 0.29) is 67.5 Å². The summed E-state index contributed by atoms with van der Waals surface area (Å²) in [6.45, 7) is 6.95. The minimum absolute atomic E-state index is 0. The summed E-state index contributed by atoms with van der Waals surface area (Å²) in [4.78, 5) is 24.4. The number of aliphatic hydroxyl groups is 2. The molecule has 19 heteroatoms. The normalized spacial score (nSPS) is 12.2. The van der Waals surface area contributed by atoms with Gasteiger partial charge in [-0.1, -0.05) is 106 Å². The van der Waals surface area contributed by atoms with E-state index in [0.29, 0.717) is 22.8 Å². The number of hydrogen-bond acceptors (Lipinski definition) is 12. The molecule has 4 aromatic rings. The topological polar surface area (TPSA) is 235 Å². The summed E-state index contributed by atoms with van der Waals surface area (Å²) < 4.78 is 27.6. The largest absolute Gasteiger partial charge is 0.510 e. The summed E-state index contributed by atoms with van der Waals surface area (Å²) in [6, 6.07) is 22.4. The Morgan fingerprint density at radius 2 is 1.11 bits per heavy atom. The fraction of sp³-hybridized carbons (Fsp3) is 0.286. The van der Waals surface area contributed by atoms with Crippen LogP contribution in [-0.2, 0) is 42.8 Å². The molecule has 0 heterocycles. The molecule has 0 atom stereocenters. The first-order valence-electron chi connectivity index (χ1n) is 19.0. The average Bonchev–Trinajstić information content (AvgIpc) is 3.20. The van der Waals surface area contributed by atoms with Crippen LogP contribution in [0.15, 0.2) is 133 Å². The number of benzene rings is 4. The van der Waals surface area contributed by atoms with Gasteiger partial charge in [0.2, 0.25) is 10.0 Å². The number of phenolic OH excluding ortho intramolecular Hbond substituents is 2. The van der Waals surface area contributed by atoms with Crippen LogP contribution in [0.3, 0.4) is 0 Å². The Bertz CT molecular complexity index is 2320. The van der Waals surface area contributed by atoms with Crippen molar-refractivity contribution < 1.29 is 55.2 Å². The van der Waals surface area contributed by atoms with Crippen LogP contribution in [-0.4, -0.2) is 47.2 Å². The van der Waals surface area contributed by atoms with Crippen LogP contribution in [0, 0.1) is 0 Å². The SMILES string of the molecule is CCCCCCCNS(=O)(=O)c1cc(O)c(N=N/C(C(=O)Nc2ccccc2)=C(/C)O)cc1Cl.CCCc1cc(O)c(N=N/C(C(=O)Nc2ccccc2)=C(/C)O)cc1Cl.[Co]. The third kappa shape index (κ3) is 16.9. The average molecular weight is 942 g/mol. The monoisotopic (exact) mass is 940 g/mol. The van der Waals surface area contributed by atoms with E-state index < -0.39 is 33.3 Å². The van der Waals surface area contributed by atoms with Crippen LogP contribution in [0.2, 0.25) is 10.0 Å². The van der Waals surface area contributed by atoms with E-state index in [9.17, 15) is 38.4 Å². The number of rotatable bonds is 18. The number of allylic oxidation sites excluding steroid dienone is 2. The molecule has 0 aliphatic heterocycles. The van der Waals surface area contributed by atoms with Gasteiger partial charge in [0.25, 0.3) is 11.8 Å². The molecule has 4 rings (SSSR count). The number of unbranched alkanes of at least 4 members (excludes halogenated alkanes) is 4. The Morgan fingerprint density at radius 3 is 1.57 bits per heavy atom. The van der Waals surface area contributed by atoms with Gasteiger partial charge in [-0.05, 0) is 74.7 Å². The van der Waals surface area contributed by atoms with Gasteiger partial charge in [-0.25, -0.2) is 13.1 Å². The van der Waals surface area contributed by atoms with Gasteiger partial charge >= 0.3 is 0 Å². The summed E-state index contributed by atoms with van der Waals surface area (Å²) in [5.41, 5.74) is 1.14. The molecule has 0 aromatic heterocycles. The summed E-state index contributed by atoms with van der Waals surface area (Å²) in [7, 11) is -3.94. The number of amides is 2. The van der Waals surface area contributed by atoms with Crippen LogP contribution < -0.4 is 15.4 Å². The second kappa shape index (κ2) is 26.1. The number of halogens is 2. The molecule has 15 nitrogen and oxygen atoms in total. The zero-order chi connectivity index (χ0) is 44.2. The third-order valence-corrected chi connectivity index (χ3v) is 10.5. The molecule has 0 aliphatic rings. The second-order valence-corrected chi connectivity index (χ2v) is 15.7. The number of aliphatic hydroxyl groups excluding tert-OH is 2. The fourth-order valence-corrected chi connectivity index (χ4v) is 7.03. The van der Waals surface area contributed by atoms with Gasteiger partial charge < -0.3 is 31.1 Å². The number of nitrogens with one attached hydrogen (secondary N) is 3. The zero-order valence-electron chi connectivity index (χ0n) is 33.9. The van der Waals surface area contributed by atoms with Gasteiger partial charge in [0.05, 0.1) is 5.02 Å². The number of carbonyl (C=O) groups excluding carboxylic acids is 2. The van der Waals surface area contributed by atoms with Crippen molar-refractivity contribution in [3.05, 3.63) is 123 Å². The molecular formula is C42H49Cl2CoN7O8S. The van der Waals surface area contributed by atoms with Crippen LogP contribution >= 0.6 is 23.2 Å². The van der Waals surface area contributed by atoms with E-state index in [4.69, 9.17) is 23.2 Å². The fourth-order valence-electron chi connectivity index (χ4n) is 5.16. The molecular weight excluding hydrogens is 892 g/mol. The molecule has 0 unspecified atom stereocenters. The van der Waals surface area contributed by atoms with Crippen molar-refractivity contribution in [3.63, 3.8) is 0 Å². The van der Waals surface area contributed by atoms with Gasteiger partial charge in [-0.15, -0.1) is 20.5 Å². The van der Waals surface area contributed by atoms with Crippen molar-refractivity contribution in [1.29, 1.82) is 0 Å². The number of carbonyl (C=O) groups is 2. The zero-order valence-corrected chi connectivity index (χ0v) is 37.3. The quantitative estimate of drug-likeness (QED) is 0.0219. The predicted octanol–water partition coefficient (Wildman–Crippen LogP) is 11.3. The number of para-hydroxylation sites is 2. The first-order valence-corrected chi connectivity index (χ1v) is 21.2. The van der Waals surface area contributed by atoms with E-state index >= 15 is 0 Å². The van der Waals surface area contributed by atoms with Crippen LogP contribution in [0.5, 0.6) is 11.5 Å². The number of nitrogens with zero attached hydrogens (tertiary/aromatic N) is 4. The summed E-state index contributed by atoms with van der Waals surface area (Å²) in [5.74, 6) is -2.63. The molecule has 61 heavy (non-hydrogen) atoms. The predicted molar refractivity (Wildman–Crippen MR) is 234 cm³/mol. The Hall–Kier alpha value is -5.30. The molecule has 0 aliphatic carbocycles. The minimum atomic E-state index is -3.94. The second-order valence-electron chi connectivity index (χ2n) is 13.2. The molecule has 0 fully saturated rings. The van der Waals surface area contributed by atoms with Crippen LogP contribution in [0.4, 0.5) is 22.7 Å². The Labute approximate surface area is 376 Å². The van der Waals surface area contributed by atoms with E-state index in [2.05, 4.69) is 42.7 Å². The van der Waals surface area contributed by atoms with Gasteiger partial charge in [-0.3, -0.25) is 9.59 Å². The Morgan fingerprint density at radius 1 is 0.656 bits per heavy atom. The first kappa shape index (κ1) is 51.8. The van der Waals surface area contributed by atoms with E-state index in [1.807, 2.05) is 13.0 Å². The summed E-state index contributed by atoms with van der Waals surface area (Å²) in [6.07, 6.45) is 6.44. The molecule has 0 bridgehead atoms. The molecule has 0 saturated heterocycles. The van der Waals surface area contributed by atoms with Gasteiger partial charge in [0.15, 0.2) is 11.4 Å². The van der Waals surface area contributed by atoms with Crippen molar-refractivity contribution in [1.82, 2.24) is 4.72 Å². The number of hydrogen-bond donors (Lipinski definition) is 7. The number of aromatic hydroxyl groups is 2. The van der Waals surface area contributed by atoms with E-state index in [1.54, 1.807) is 54.6 Å². The maximum atomic E-state index is 12.6. The molecule has 329 valence electrons. The Balaban J connectivity index is 0.000000427. The van der Waals surface area contributed by atoms with Crippen molar-refractivity contribution in [2.24, 2.45) is 20.5 Å². The van der Waals surface area contributed by atoms with Crippen molar-refractivity contribution in [2.75, 3.05) is 17.2 Å². The summed E-state index contributed by atoms with van der Waals surface area (Å²) in [5, 5.41) is 60.6. The van der Waals surface area contributed by atoms with Crippen LogP contribution in [0.25, 0.3) is 0 Å². The van der Waals surface area contributed by atoms with Crippen molar-refractivity contribution in [2.45, 2.75) is 77.5 Å². The maximum absolute atomic E-state index is 12.6. The van der Waals surface area contributed by atoms with Gasteiger partial charge in [0.1, 0.15) is 39.3 Å². The minimum Gasteiger partial charge on any atom is -0.510 e. The number of phenols is 2.